The van der Waals surface area contributed by atoms with Gasteiger partial charge in [-0.1, -0.05) is 36.4 Å². The molecule has 0 radical (unpaired) electrons. The van der Waals surface area contributed by atoms with Gasteiger partial charge in [0.25, 0.3) is 0 Å². The second kappa shape index (κ2) is 6.84. The highest BCUT2D eigenvalue weighted by atomic mass is 16.5. The van der Waals surface area contributed by atoms with Gasteiger partial charge < -0.3 is 10.1 Å². The molecule has 4 heteroatoms. The molecule has 2 aromatic rings. The van der Waals surface area contributed by atoms with Crippen molar-refractivity contribution < 1.29 is 9.53 Å². The average molecular weight is 310 g/mol. The fraction of sp³-hybridized carbons (Fsp3) is 0.316. The maximum Gasteiger partial charge on any atom is 0.246 e. The molecule has 1 fully saturated rings. The molecule has 0 heterocycles. The van der Waals surface area contributed by atoms with Gasteiger partial charge in [-0.2, -0.15) is 0 Å². The first-order chi connectivity index (χ1) is 11.2. The van der Waals surface area contributed by atoms with Crippen LogP contribution < -0.4 is 15.4 Å². The molecule has 3 rings (SSSR count). The topological polar surface area (TPSA) is 50.4 Å². The van der Waals surface area contributed by atoms with E-state index in [0.29, 0.717) is 17.5 Å². The van der Waals surface area contributed by atoms with Gasteiger partial charge in [0, 0.05) is 6.04 Å². The number of nitrogens with one attached hydrogen (secondary N) is 2. The van der Waals surface area contributed by atoms with Crippen LogP contribution in [0.4, 0.5) is 5.69 Å². The Bertz CT molecular complexity index is 681. The molecule has 0 spiro atoms. The molecule has 0 aliphatic heterocycles. The maximum atomic E-state index is 12.8. The van der Waals surface area contributed by atoms with Gasteiger partial charge >= 0.3 is 0 Å². The van der Waals surface area contributed by atoms with Crippen molar-refractivity contribution in [2.24, 2.45) is 0 Å². The number of methoxy groups -OCH3 is 1. The molecule has 0 aromatic heterocycles. The molecule has 1 saturated carbocycles. The first-order valence-electron chi connectivity index (χ1n) is 7.94. The lowest BCUT2D eigenvalue weighted by atomic mass is 10.1. The monoisotopic (exact) mass is 310 g/mol. The van der Waals surface area contributed by atoms with E-state index in [4.69, 9.17) is 4.74 Å². The third-order valence-corrected chi connectivity index (χ3v) is 3.99. The van der Waals surface area contributed by atoms with E-state index in [1.807, 2.05) is 55.5 Å². The van der Waals surface area contributed by atoms with Crippen LogP contribution in [0.1, 0.15) is 30.0 Å². The van der Waals surface area contributed by atoms with Gasteiger partial charge in [0.15, 0.2) is 0 Å². The molecule has 0 bridgehead atoms. The Morgan fingerprint density at radius 1 is 1.17 bits per heavy atom. The van der Waals surface area contributed by atoms with Gasteiger partial charge in [-0.15, -0.1) is 0 Å². The minimum atomic E-state index is -0.353. The number of carbonyl (C=O) groups excluding carboxylic acids is 1. The Morgan fingerprint density at radius 2 is 1.91 bits per heavy atom. The Kier molecular flexibility index (Phi) is 4.63. The van der Waals surface area contributed by atoms with Crippen LogP contribution in [0.25, 0.3) is 0 Å². The van der Waals surface area contributed by atoms with Crippen molar-refractivity contribution >= 4 is 11.6 Å². The van der Waals surface area contributed by atoms with Crippen LogP contribution in [0, 0.1) is 6.92 Å². The summed E-state index contributed by atoms with van der Waals surface area (Å²) >= 11 is 0. The summed E-state index contributed by atoms with van der Waals surface area (Å²) in [5.41, 5.74) is 2.76. The number of benzene rings is 2. The fourth-order valence-corrected chi connectivity index (χ4v) is 2.58. The van der Waals surface area contributed by atoms with E-state index in [9.17, 15) is 4.79 Å². The number of hydrogen-bond acceptors (Lipinski definition) is 3. The summed E-state index contributed by atoms with van der Waals surface area (Å²) in [5.74, 6) is 0.606. The third-order valence-electron chi connectivity index (χ3n) is 3.99. The van der Waals surface area contributed by atoms with Gasteiger partial charge in [0.1, 0.15) is 11.8 Å². The number of ether oxygens (including phenoxy) is 1. The SMILES string of the molecule is COc1ccc(C)cc1NC(=O)[C@@H](NC1CC1)c1ccccc1. The Balaban J connectivity index is 1.82. The van der Waals surface area contributed by atoms with E-state index in [1.54, 1.807) is 7.11 Å². The Labute approximate surface area is 136 Å². The third kappa shape index (κ3) is 3.90. The molecule has 1 atom stereocenters. The Morgan fingerprint density at radius 3 is 2.57 bits per heavy atom. The lowest BCUT2D eigenvalue weighted by Gasteiger charge is -2.20. The molecule has 120 valence electrons. The first kappa shape index (κ1) is 15.6. The second-order valence-corrected chi connectivity index (χ2v) is 5.98. The van der Waals surface area contributed by atoms with Crippen molar-refractivity contribution in [1.29, 1.82) is 0 Å². The molecule has 2 N–H and O–H groups in total. The predicted molar refractivity (Wildman–Crippen MR) is 91.7 cm³/mol. The largest absolute Gasteiger partial charge is 0.495 e. The molecular formula is C19H22N2O2. The molecule has 4 nitrogen and oxygen atoms in total. The lowest BCUT2D eigenvalue weighted by molar-refractivity contribution is -0.118. The van der Waals surface area contributed by atoms with Crippen LogP contribution in [-0.2, 0) is 4.79 Å². The number of carbonyl (C=O) groups is 1. The highest BCUT2D eigenvalue weighted by molar-refractivity contribution is 5.96. The predicted octanol–water partition coefficient (Wildman–Crippen LogP) is 3.44. The summed E-state index contributed by atoms with van der Waals surface area (Å²) in [5, 5.41) is 6.43. The normalized spacial score (nSPS) is 15.0. The first-order valence-corrected chi connectivity index (χ1v) is 7.94. The number of rotatable bonds is 6. The second-order valence-electron chi connectivity index (χ2n) is 5.98. The molecule has 0 saturated heterocycles. The quantitative estimate of drug-likeness (QED) is 0.859. The van der Waals surface area contributed by atoms with Gasteiger partial charge in [-0.05, 0) is 43.0 Å². The van der Waals surface area contributed by atoms with E-state index in [2.05, 4.69) is 10.6 Å². The van der Waals surface area contributed by atoms with Crippen molar-refractivity contribution in [3.63, 3.8) is 0 Å². The number of aryl methyl sites for hydroxylation is 1. The van der Waals surface area contributed by atoms with E-state index in [-0.39, 0.29) is 11.9 Å². The van der Waals surface area contributed by atoms with Gasteiger partial charge in [0.2, 0.25) is 5.91 Å². The highest BCUT2D eigenvalue weighted by Gasteiger charge is 2.29. The molecule has 1 amide bonds. The molecule has 2 aromatic carbocycles. The molecular weight excluding hydrogens is 288 g/mol. The van der Waals surface area contributed by atoms with E-state index in [1.165, 1.54) is 0 Å². The number of hydrogen-bond donors (Lipinski definition) is 2. The summed E-state index contributed by atoms with van der Waals surface area (Å²) < 4.78 is 5.34. The number of amides is 1. The summed E-state index contributed by atoms with van der Waals surface area (Å²) in [6.45, 7) is 1.99. The molecule has 0 unspecified atom stereocenters. The van der Waals surface area contributed by atoms with E-state index in [0.717, 1.165) is 24.0 Å². The number of anilines is 1. The average Bonchev–Trinajstić information content (AvgIpc) is 3.38. The van der Waals surface area contributed by atoms with Crippen molar-refractivity contribution in [1.82, 2.24) is 5.32 Å². The van der Waals surface area contributed by atoms with Crippen molar-refractivity contribution in [2.75, 3.05) is 12.4 Å². The van der Waals surface area contributed by atoms with Crippen LogP contribution in [0.3, 0.4) is 0 Å². The zero-order valence-corrected chi connectivity index (χ0v) is 13.5. The smallest absolute Gasteiger partial charge is 0.246 e. The van der Waals surface area contributed by atoms with Crippen LogP contribution in [0.5, 0.6) is 5.75 Å². The van der Waals surface area contributed by atoms with Crippen LogP contribution in [0.15, 0.2) is 48.5 Å². The minimum absolute atomic E-state index is 0.0630. The molecule has 1 aliphatic carbocycles. The van der Waals surface area contributed by atoms with Gasteiger partial charge in [-0.25, -0.2) is 0 Å². The Hall–Kier alpha value is -2.33. The zero-order valence-electron chi connectivity index (χ0n) is 13.5. The van der Waals surface area contributed by atoms with Crippen LogP contribution in [0.2, 0.25) is 0 Å². The van der Waals surface area contributed by atoms with E-state index >= 15 is 0 Å². The maximum absolute atomic E-state index is 12.8. The molecule has 23 heavy (non-hydrogen) atoms. The van der Waals surface area contributed by atoms with Crippen molar-refractivity contribution in [2.45, 2.75) is 31.8 Å². The van der Waals surface area contributed by atoms with Crippen LogP contribution >= 0.6 is 0 Å². The fourth-order valence-electron chi connectivity index (χ4n) is 2.58. The summed E-state index contributed by atoms with van der Waals surface area (Å²) in [6.07, 6.45) is 2.26. The van der Waals surface area contributed by atoms with Crippen LogP contribution in [-0.4, -0.2) is 19.1 Å². The summed E-state index contributed by atoms with van der Waals surface area (Å²) in [4.78, 5) is 12.8. The highest BCUT2D eigenvalue weighted by Crippen LogP contribution is 2.28. The lowest BCUT2D eigenvalue weighted by Crippen LogP contribution is -2.34. The van der Waals surface area contributed by atoms with E-state index < -0.39 is 0 Å². The van der Waals surface area contributed by atoms with Gasteiger partial charge in [0.05, 0.1) is 12.8 Å². The molecule has 1 aliphatic rings. The van der Waals surface area contributed by atoms with Crippen molar-refractivity contribution in [3.8, 4) is 5.75 Å². The summed E-state index contributed by atoms with van der Waals surface area (Å²) in [7, 11) is 1.61. The standard InChI is InChI=1S/C19H22N2O2/c1-13-8-11-17(23-2)16(12-13)21-19(22)18(20-15-9-10-15)14-6-4-3-5-7-14/h3-8,11-12,15,18,20H,9-10H2,1-2H3,(H,21,22)/t18-/m0/s1. The zero-order chi connectivity index (χ0) is 16.2. The van der Waals surface area contributed by atoms with Gasteiger partial charge in [-0.3, -0.25) is 10.1 Å². The van der Waals surface area contributed by atoms with Crippen molar-refractivity contribution in [3.05, 3.63) is 59.7 Å². The summed E-state index contributed by atoms with van der Waals surface area (Å²) in [6, 6.07) is 15.7. The minimum Gasteiger partial charge on any atom is -0.495 e.